The van der Waals surface area contributed by atoms with Crippen molar-refractivity contribution in [2.45, 2.75) is 46.6 Å². The summed E-state index contributed by atoms with van der Waals surface area (Å²) in [4.78, 5) is 24.9. The van der Waals surface area contributed by atoms with Gasteiger partial charge in [-0.1, -0.05) is 6.92 Å². The molecule has 0 aliphatic heterocycles. The normalized spacial score (nSPS) is 11.6. The molecular formula is C17H22N2O4S. The van der Waals surface area contributed by atoms with E-state index in [1.807, 2.05) is 6.92 Å². The topological polar surface area (TPSA) is 88.4 Å². The monoisotopic (exact) mass is 350 g/mol. The van der Waals surface area contributed by atoms with Gasteiger partial charge in [0, 0.05) is 11.1 Å². The molecule has 1 aromatic rings. The molecule has 0 atom stereocenters. The average Bonchev–Trinajstić information content (AvgIpc) is 2.89. The van der Waals surface area contributed by atoms with Gasteiger partial charge in [-0.05, 0) is 40.2 Å². The minimum absolute atomic E-state index is 0.175. The molecule has 0 bridgehead atoms. The Morgan fingerprint density at radius 2 is 2.04 bits per heavy atom. The molecule has 0 spiro atoms. The Bertz CT molecular complexity index is 678. The molecule has 0 radical (unpaired) electrons. The maximum Gasteiger partial charge on any atom is 0.350 e. The molecule has 130 valence electrons. The van der Waals surface area contributed by atoms with E-state index in [-0.39, 0.29) is 12.2 Å². The molecule has 0 amide bonds. The third kappa shape index (κ3) is 5.70. The Balaban J connectivity index is 3.02. The van der Waals surface area contributed by atoms with E-state index in [0.717, 1.165) is 11.3 Å². The van der Waals surface area contributed by atoms with Crippen LogP contribution in [0.4, 0.5) is 5.00 Å². The maximum absolute atomic E-state index is 12.0. The van der Waals surface area contributed by atoms with Crippen LogP contribution in [0.3, 0.4) is 0 Å². The summed E-state index contributed by atoms with van der Waals surface area (Å²) in [7, 11) is 0. The lowest BCUT2D eigenvalue weighted by Gasteiger charge is -2.18. The number of rotatable bonds is 6. The summed E-state index contributed by atoms with van der Waals surface area (Å²) in [5, 5.41) is 12.5. The molecule has 0 aromatic carbocycles. The second kappa shape index (κ2) is 8.50. The van der Waals surface area contributed by atoms with Gasteiger partial charge in [0.2, 0.25) is 0 Å². The molecule has 0 fully saturated rings. The molecule has 6 nitrogen and oxygen atoms in total. The highest BCUT2D eigenvalue weighted by Crippen LogP contribution is 2.29. The fraction of sp³-hybridized carbons (Fsp3) is 0.471. The molecule has 0 aliphatic rings. The summed E-state index contributed by atoms with van der Waals surface area (Å²) < 4.78 is 10.2. The average molecular weight is 350 g/mol. The summed E-state index contributed by atoms with van der Waals surface area (Å²) >= 11 is 1.37. The maximum atomic E-state index is 12.0. The first-order chi connectivity index (χ1) is 11.2. The number of nitrogens with zero attached hydrogens (tertiary/aromatic N) is 1. The fourth-order valence-electron chi connectivity index (χ4n) is 1.69. The minimum Gasteiger partial charge on any atom is -0.462 e. The number of esters is 2. The van der Waals surface area contributed by atoms with E-state index in [1.165, 1.54) is 17.5 Å². The lowest BCUT2D eigenvalue weighted by molar-refractivity contribution is -0.149. The molecule has 7 heteroatoms. The Morgan fingerprint density at radius 3 is 2.54 bits per heavy atom. The zero-order valence-corrected chi connectivity index (χ0v) is 15.4. The van der Waals surface area contributed by atoms with E-state index < -0.39 is 17.5 Å². The number of anilines is 1. The Morgan fingerprint density at radius 1 is 1.38 bits per heavy atom. The summed E-state index contributed by atoms with van der Waals surface area (Å²) in [6.45, 7) is 9.14. The van der Waals surface area contributed by atoms with Crippen molar-refractivity contribution in [2.24, 2.45) is 0 Å². The quantitative estimate of drug-likeness (QED) is 0.478. The van der Waals surface area contributed by atoms with Crippen LogP contribution in [0.5, 0.6) is 0 Å². The van der Waals surface area contributed by atoms with Gasteiger partial charge in [-0.15, -0.1) is 11.3 Å². The predicted molar refractivity (Wildman–Crippen MR) is 92.8 cm³/mol. The van der Waals surface area contributed by atoms with Gasteiger partial charge in [-0.3, -0.25) is 0 Å². The first-order valence-corrected chi connectivity index (χ1v) is 8.43. The molecule has 24 heavy (non-hydrogen) atoms. The summed E-state index contributed by atoms with van der Waals surface area (Å²) in [6.07, 6.45) is 2.02. The van der Waals surface area contributed by atoms with E-state index in [0.29, 0.717) is 10.6 Å². The highest BCUT2D eigenvalue weighted by molar-refractivity contribution is 7.16. The van der Waals surface area contributed by atoms with Gasteiger partial charge < -0.3 is 14.8 Å². The van der Waals surface area contributed by atoms with E-state index in [2.05, 4.69) is 5.32 Å². The van der Waals surface area contributed by atoms with Crippen molar-refractivity contribution in [2.75, 3.05) is 11.9 Å². The first kappa shape index (κ1) is 19.7. The Kier molecular flexibility index (Phi) is 6.98. The van der Waals surface area contributed by atoms with Gasteiger partial charge in [-0.25, -0.2) is 9.59 Å². The van der Waals surface area contributed by atoms with E-state index in [9.17, 15) is 9.59 Å². The van der Waals surface area contributed by atoms with Crippen LogP contribution in [0.25, 0.3) is 0 Å². The number of carbonyl (C=O) groups is 2. The van der Waals surface area contributed by atoms with Gasteiger partial charge >= 0.3 is 11.9 Å². The van der Waals surface area contributed by atoms with Crippen molar-refractivity contribution in [1.29, 1.82) is 5.26 Å². The number of aryl methyl sites for hydroxylation is 1. The Labute approximate surface area is 146 Å². The molecule has 0 saturated heterocycles. The van der Waals surface area contributed by atoms with E-state index in [4.69, 9.17) is 14.7 Å². The van der Waals surface area contributed by atoms with E-state index in [1.54, 1.807) is 39.8 Å². The Hall–Kier alpha value is -2.33. The van der Waals surface area contributed by atoms with Crippen LogP contribution in [0, 0.1) is 11.3 Å². The fourth-order valence-corrected chi connectivity index (χ4v) is 2.64. The van der Waals surface area contributed by atoms with Crippen molar-refractivity contribution in [3.8, 4) is 6.07 Å². The first-order valence-electron chi connectivity index (χ1n) is 7.61. The highest BCUT2D eigenvalue weighted by atomic mass is 32.1. The van der Waals surface area contributed by atoms with Crippen LogP contribution >= 0.6 is 11.3 Å². The van der Waals surface area contributed by atoms with Crippen LogP contribution in [0.2, 0.25) is 0 Å². The second-order valence-corrected chi connectivity index (χ2v) is 6.98. The summed E-state index contributed by atoms with van der Waals surface area (Å²) in [5.74, 6) is -1.16. The van der Waals surface area contributed by atoms with Crippen LogP contribution in [0.15, 0.2) is 17.8 Å². The third-order valence-corrected chi connectivity index (χ3v) is 3.92. The molecule has 0 aliphatic carbocycles. The lowest BCUT2D eigenvalue weighted by atomic mass is 10.2. The van der Waals surface area contributed by atoms with Crippen LogP contribution < -0.4 is 5.32 Å². The van der Waals surface area contributed by atoms with Gasteiger partial charge in [0.1, 0.15) is 16.7 Å². The van der Waals surface area contributed by atoms with Gasteiger partial charge in [0.25, 0.3) is 0 Å². The molecule has 1 heterocycles. The van der Waals surface area contributed by atoms with Crippen LogP contribution in [-0.2, 0) is 20.7 Å². The van der Waals surface area contributed by atoms with Crippen molar-refractivity contribution in [1.82, 2.24) is 0 Å². The molecule has 0 unspecified atom stereocenters. The molecule has 1 rings (SSSR count). The largest absolute Gasteiger partial charge is 0.462 e. The highest BCUT2D eigenvalue weighted by Gasteiger charge is 2.21. The minimum atomic E-state index is -0.720. The van der Waals surface area contributed by atoms with Gasteiger partial charge in [0.05, 0.1) is 12.2 Å². The lowest BCUT2D eigenvalue weighted by Crippen LogP contribution is -2.24. The molecule has 1 aromatic heterocycles. The number of nitrogens with one attached hydrogen (secondary N) is 1. The number of carbonyl (C=O) groups excluding carboxylic acids is 2. The number of ether oxygens (including phenoxy) is 2. The summed E-state index contributed by atoms with van der Waals surface area (Å²) in [6, 6.07) is 3.55. The zero-order valence-electron chi connectivity index (χ0n) is 14.6. The predicted octanol–water partition coefficient (Wildman–Crippen LogP) is 3.65. The number of hydrogen-bond acceptors (Lipinski definition) is 7. The molecule has 1 N–H and O–H groups in total. The number of nitriles is 1. The standard InChI is InChI=1S/C17H22N2O4S/c1-6-12-8-13(16(21)22-7-2)14(24-12)19-10-11(9-18)15(20)23-17(3,4)5/h8,10,19H,6-7H2,1-5H3/b11-10+. The zero-order chi connectivity index (χ0) is 18.3. The van der Waals surface area contributed by atoms with Crippen molar-refractivity contribution < 1.29 is 19.1 Å². The van der Waals surface area contributed by atoms with Crippen LogP contribution in [-0.4, -0.2) is 24.1 Å². The second-order valence-electron chi connectivity index (χ2n) is 5.85. The van der Waals surface area contributed by atoms with E-state index >= 15 is 0 Å². The number of hydrogen-bond donors (Lipinski definition) is 1. The number of thiophene rings is 1. The van der Waals surface area contributed by atoms with Crippen molar-refractivity contribution in [3.05, 3.63) is 28.3 Å². The van der Waals surface area contributed by atoms with Crippen LogP contribution in [0.1, 0.15) is 49.9 Å². The van der Waals surface area contributed by atoms with Gasteiger partial charge in [0.15, 0.2) is 5.57 Å². The molecule has 0 saturated carbocycles. The third-order valence-electron chi connectivity index (χ3n) is 2.71. The smallest absolute Gasteiger partial charge is 0.350 e. The SMILES string of the molecule is CCOC(=O)c1cc(CC)sc1N/C=C(\C#N)C(=O)OC(C)(C)C. The van der Waals surface area contributed by atoms with Crippen molar-refractivity contribution >= 4 is 28.3 Å². The summed E-state index contributed by atoms with van der Waals surface area (Å²) in [5.41, 5.74) is -0.482. The van der Waals surface area contributed by atoms with Crippen molar-refractivity contribution in [3.63, 3.8) is 0 Å². The molecular weight excluding hydrogens is 328 g/mol. The van der Waals surface area contributed by atoms with Gasteiger partial charge in [-0.2, -0.15) is 5.26 Å².